The summed E-state index contributed by atoms with van der Waals surface area (Å²) in [6.45, 7) is 0.222. The molecule has 0 fully saturated rings. The molecule has 8 heteroatoms. The maximum absolute atomic E-state index is 12.5. The van der Waals surface area contributed by atoms with E-state index in [1.165, 1.54) is 22.3 Å². The van der Waals surface area contributed by atoms with Crippen molar-refractivity contribution < 1.29 is 4.79 Å². The molecule has 4 rings (SSSR count). The Bertz CT molecular complexity index is 1270. The summed E-state index contributed by atoms with van der Waals surface area (Å²) in [7, 11) is 1.67. The van der Waals surface area contributed by atoms with E-state index in [9.17, 15) is 9.59 Å². The number of hydrogen-bond donors (Lipinski definition) is 1. The highest BCUT2D eigenvalue weighted by Gasteiger charge is 2.11. The molecule has 0 atom stereocenters. The minimum Gasteiger partial charge on any atom is -0.335 e. The van der Waals surface area contributed by atoms with Gasteiger partial charge in [0.1, 0.15) is 10.5 Å². The Labute approximate surface area is 179 Å². The van der Waals surface area contributed by atoms with E-state index >= 15 is 0 Å². The summed E-state index contributed by atoms with van der Waals surface area (Å²) in [6, 6.07) is 13.4. The van der Waals surface area contributed by atoms with Gasteiger partial charge in [0, 0.05) is 33.5 Å². The lowest BCUT2D eigenvalue weighted by Gasteiger charge is -2.14. The summed E-state index contributed by atoms with van der Waals surface area (Å²) in [6.07, 6.45) is 3.30. The topological polar surface area (TPSA) is 66.1 Å². The zero-order valence-corrected chi connectivity index (χ0v) is 17.8. The van der Waals surface area contributed by atoms with Crippen LogP contribution in [0.1, 0.15) is 10.7 Å². The third-order valence-electron chi connectivity index (χ3n) is 4.28. The lowest BCUT2D eigenvalue weighted by Crippen LogP contribution is -2.26. The van der Waals surface area contributed by atoms with Gasteiger partial charge >= 0.3 is 0 Å². The van der Waals surface area contributed by atoms with Crippen LogP contribution in [0.4, 0.5) is 0 Å². The molecule has 29 heavy (non-hydrogen) atoms. The van der Waals surface area contributed by atoms with Gasteiger partial charge in [0.15, 0.2) is 0 Å². The second-order valence-electron chi connectivity index (χ2n) is 6.36. The highest BCUT2D eigenvalue weighted by molar-refractivity contribution is 7.17. The van der Waals surface area contributed by atoms with Crippen LogP contribution in [0.25, 0.3) is 26.7 Å². The minimum absolute atomic E-state index is 0.175. The van der Waals surface area contributed by atoms with E-state index in [2.05, 4.69) is 9.97 Å². The molecule has 5 nitrogen and oxygen atoms in total. The lowest BCUT2D eigenvalue weighted by molar-refractivity contribution is -0.125. The van der Waals surface area contributed by atoms with Crippen molar-refractivity contribution in [2.45, 2.75) is 6.54 Å². The summed E-state index contributed by atoms with van der Waals surface area (Å²) in [4.78, 5) is 35.2. The Hall–Kier alpha value is -2.74. The minimum atomic E-state index is -0.179. The number of amides is 1. The van der Waals surface area contributed by atoms with Gasteiger partial charge < -0.3 is 9.88 Å². The van der Waals surface area contributed by atoms with Gasteiger partial charge in [-0.3, -0.25) is 9.59 Å². The predicted molar refractivity (Wildman–Crippen MR) is 121 cm³/mol. The number of hydrogen-bond acceptors (Lipinski definition) is 5. The normalized spacial score (nSPS) is 11.4. The first-order chi connectivity index (χ1) is 14.0. The van der Waals surface area contributed by atoms with Gasteiger partial charge in [0.05, 0.1) is 12.1 Å². The van der Waals surface area contributed by atoms with Crippen molar-refractivity contribution in [3.05, 3.63) is 80.0 Å². The monoisotopic (exact) mass is 441 g/mol. The third-order valence-corrected chi connectivity index (χ3v) is 6.60. The molecule has 0 aliphatic carbocycles. The number of aromatic amines is 1. The molecule has 0 saturated carbocycles. The highest BCUT2D eigenvalue weighted by Crippen LogP contribution is 2.33. The highest BCUT2D eigenvalue weighted by atomic mass is 35.5. The number of carbonyl (C=O) groups is 1. The van der Waals surface area contributed by atoms with Gasteiger partial charge in [0.2, 0.25) is 5.91 Å². The zero-order valence-electron chi connectivity index (χ0n) is 15.4. The van der Waals surface area contributed by atoms with Crippen molar-refractivity contribution in [2.24, 2.45) is 0 Å². The fourth-order valence-corrected chi connectivity index (χ4v) is 4.80. The fourth-order valence-electron chi connectivity index (χ4n) is 2.83. The Balaban J connectivity index is 1.45. The van der Waals surface area contributed by atoms with Gasteiger partial charge in [0.25, 0.3) is 5.56 Å². The van der Waals surface area contributed by atoms with Crippen LogP contribution in [-0.4, -0.2) is 27.8 Å². The lowest BCUT2D eigenvalue weighted by atomic mass is 10.2. The number of aromatic nitrogens is 2. The van der Waals surface area contributed by atoms with E-state index in [-0.39, 0.29) is 18.0 Å². The number of carbonyl (C=O) groups excluding carboxylic acids is 1. The van der Waals surface area contributed by atoms with E-state index < -0.39 is 0 Å². The summed E-state index contributed by atoms with van der Waals surface area (Å²) >= 11 is 9.16. The number of halogens is 1. The van der Waals surface area contributed by atoms with Crippen molar-refractivity contribution in [2.75, 3.05) is 7.05 Å². The van der Waals surface area contributed by atoms with Gasteiger partial charge in [-0.2, -0.15) is 0 Å². The molecule has 0 saturated heterocycles. The molecule has 1 amide bonds. The number of H-pyrrole nitrogens is 1. The second-order valence-corrected chi connectivity index (χ2v) is 8.80. The van der Waals surface area contributed by atoms with E-state index in [4.69, 9.17) is 11.6 Å². The van der Waals surface area contributed by atoms with Gasteiger partial charge in [-0.15, -0.1) is 22.7 Å². The number of rotatable bonds is 5. The van der Waals surface area contributed by atoms with E-state index in [1.807, 2.05) is 41.8 Å². The van der Waals surface area contributed by atoms with Crippen molar-refractivity contribution in [3.8, 4) is 10.4 Å². The van der Waals surface area contributed by atoms with Crippen LogP contribution in [0, 0.1) is 0 Å². The van der Waals surface area contributed by atoms with E-state index in [0.717, 1.165) is 15.3 Å². The molecule has 0 radical (unpaired) electrons. The van der Waals surface area contributed by atoms with Crippen LogP contribution in [0.15, 0.2) is 58.7 Å². The first-order valence-electron chi connectivity index (χ1n) is 8.75. The molecule has 146 valence electrons. The fraction of sp³-hybridized carbons (Fsp3) is 0.0952. The maximum Gasteiger partial charge on any atom is 0.268 e. The Morgan fingerprint density at radius 1 is 1.24 bits per heavy atom. The van der Waals surface area contributed by atoms with Gasteiger partial charge in [-0.25, -0.2) is 4.98 Å². The Morgan fingerprint density at radius 2 is 2.07 bits per heavy atom. The number of benzene rings is 1. The first kappa shape index (κ1) is 19.6. The molecular formula is C21H16ClN3O2S2. The van der Waals surface area contributed by atoms with Crippen LogP contribution in [0.3, 0.4) is 0 Å². The number of nitrogens with zero attached hydrogens (tertiary/aromatic N) is 2. The van der Waals surface area contributed by atoms with Crippen molar-refractivity contribution in [3.63, 3.8) is 0 Å². The van der Waals surface area contributed by atoms with E-state index in [1.54, 1.807) is 30.5 Å². The Kier molecular flexibility index (Phi) is 5.62. The summed E-state index contributed by atoms with van der Waals surface area (Å²) in [5.74, 6) is 0.285. The molecular weight excluding hydrogens is 426 g/mol. The van der Waals surface area contributed by atoms with E-state index in [0.29, 0.717) is 21.1 Å². The maximum atomic E-state index is 12.5. The summed E-state index contributed by atoms with van der Waals surface area (Å²) < 4.78 is 0.592. The van der Waals surface area contributed by atoms with Crippen LogP contribution in [0.5, 0.6) is 0 Å². The van der Waals surface area contributed by atoms with Crippen LogP contribution in [-0.2, 0) is 11.3 Å². The molecule has 1 aromatic carbocycles. The Morgan fingerprint density at radius 3 is 2.90 bits per heavy atom. The predicted octanol–water partition coefficient (Wildman–Crippen LogP) is 5.04. The van der Waals surface area contributed by atoms with Crippen LogP contribution < -0.4 is 5.56 Å². The smallest absolute Gasteiger partial charge is 0.268 e. The molecule has 3 aromatic heterocycles. The number of likely N-dealkylation sites (N-methyl/N-ethyl adjacent to an activating group) is 1. The second kappa shape index (κ2) is 8.32. The average Bonchev–Trinajstić information content (AvgIpc) is 3.36. The summed E-state index contributed by atoms with van der Waals surface area (Å²) in [5, 5.41) is 2.52. The molecule has 0 aliphatic rings. The molecule has 0 aliphatic heterocycles. The standard InChI is InChI=1S/C21H16ClN3O2S2/c1-25(12-18-23-16-10-11-28-20(16)21(27)24-18)19(26)9-7-13-6-8-17(29-13)14-4-2-3-5-15(14)22/h2-11H,12H2,1H3,(H,23,24,27)/b9-7-. The van der Waals surface area contributed by atoms with Crippen LogP contribution in [0.2, 0.25) is 5.02 Å². The van der Waals surface area contributed by atoms with Crippen LogP contribution >= 0.6 is 34.3 Å². The molecule has 0 spiro atoms. The van der Waals surface area contributed by atoms with Crippen molar-refractivity contribution >= 4 is 56.5 Å². The molecule has 3 heterocycles. The molecule has 0 bridgehead atoms. The molecule has 4 aromatic rings. The SMILES string of the molecule is CN(Cc1nc2ccsc2c(=O)[nH]1)C(=O)/C=C\c1ccc(-c2ccccc2Cl)s1. The number of thiophene rings is 2. The largest absolute Gasteiger partial charge is 0.335 e. The molecule has 1 N–H and O–H groups in total. The zero-order chi connectivity index (χ0) is 20.4. The first-order valence-corrected chi connectivity index (χ1v) is 10.8. The third kappa shape index (κ3) is 4.32. The average molecular weight is 442 g/mol. The van der Waals surface area contributed by atoms with Gasteiger partial charge in [-0.1, -0.05) is 29.8 Å². The number of fused-ring (bicyclic) bond motifs is 1. The van der Waals surface area contributed by atoms with Crippen molar-refractivity contribution in [1.82, 2.24) is 14.9 Å². The van der Waals surface area contributed by atoms with Crippen molar-refractivity contribution in [1.29, 1.82) is 0 Å². The summed E-state index contributed by atoms with van der Waals surface area (Å²) in [5.41, 5.74) is 1.44. The van der Waals surface area contributed by atoms with Gasteiger partial charge in [-0.05, 0) is 35.7 Å². The number of nitrogens with one attached hydrogen (secondary N) is 1. The molecule has 0 unspecified atom stereocenters. The quantitative estimate of drug-likeness (QED) is 0.441.